The largest absolute Gasteiger partial charge is 0.328 e. The molecular weight excluding hydrogens is 228 g/mol. The molecule has 5 heteroatoms. The van der Waals surface area contributed by atoms with Crippen molar-refractivity contribution >= 4 is 11.6 Å². The van der Waals surface area contributed by atoms with E-state index in [0.29, 0.717) is 10.7 Å². The van der Waals surface area contributed by atoms with E-state index in [1.54, 1.807) is 24.3 Å². The predicted octanol–water partition coefficient (Wildman–Crippen LogP) is 1.39. The van der Waals surface area contributed by atoms with Gasteiger partial charge < -0.3 is 4.98 Å². The molecule has 0 saturated carbocycles. The van der Waals surface area contributed by atoms with Crippen LogP contribution < -0.4 is 11.2 Å². The van der Waals surface area contributed by atoms with Crippen LogP contribution in [0, 0.1) is 0 Å². The van der Waals surface area contributed by atoms with Crippen LogP contribution in [0.15, 0.2) is 39.9 Å². The number of halogens is 1. The normalized spacial score (nSPS) is 10.4. The van der Waals surface area contributed by atoms with E-state index in [1.165, 1.54) is 13.1 Å². The van der Waals surface area contributed by atoms with E-state index in [2.05, 4.69) is 4.98 Å². The molecule has 0 radical (unpaired) electrons. The first kappa shape index (κ1) is 10.7. The zero-order valence-corrected chi connectivity index (χ0v) is 9.28. The van der Waals surface area contributed by atoms with Crippen LogP contribution >= 0.6 is 11.6 Å². The fraction of sp³-hybridized carbons (Fsp3) is 0.0909. The first-order valence-electron chi connectivity index (χ1n) is 4.64. The Morgan fingerprint density at radius 3 is 2.38 bits per heavy atom. The minimum absolute atomic E-state index is 0.339. The van der Waals surface area contributed by atoms with E-state index >= 15 is 0 Å². The Kier molecular flexibility index (Phi) is 2.66. The standard InChI is InChI=1S/C11H9ClN2O2/c1-14-10(15)6-9(13-11(14)16)7-2-4-8(12)5-3-7/h2-6H,1H3,(H,13,16). The number of nitrogens with one attached hydrogen (secondary N) is 1. The molecule has 0 saturated heterocycles. The molecule has 0 atom stereocenters. The van der Waals surface area contributed by atoms with Gasteiger partial charge in [0.05, 0.1) is 5.69 Å². The third kappa shape index (κ3) is 1.92. The molecule has 0 aliphatic heterocycles. The highest BCUT2D eigenvalue weighted by atomic mass is 35.5. The molecule has 0 bridgehead atoms. The van der Waals surface area contributed by atoms with E-state index in [1.807, 2.05) is 0 Å². The summed E-state index contributed by atoms with van der Waals surface area (Å²) in [5.74, 6) is 0. The average molecular weight is 237 g/mol. The van der Waals surface area contributed by atoms with E-state index in [-0.39, 0.29) is 5.56 Å². The number of hydrogen-bond acceptors (Lipinski definition) is 2. The maximum atomic E-state index is 11.4. The lowest BCUT2D eigenvalue weighted by Gasteiger charge is -2.02. The summed E-state index contributed by atoms with van der Waals surface area (Å²) in [5.41, 5.74) is 0.468. The third-order valence-electron chi connectivity index (χ3n) is 2.30. The van der Waals surface area contributed by atoms with Crippen molar-refractivity contribution in [2.75, 3.05) is 0 Å². The summed E-state index contributed by atoms with van der Waals surface area (Å²) in [6.07, 6.45) is 0. The van der Waals surface area contributed by atoms with Gasteiger partial charge in [0.15, 0.2) is 0 Å². The lowest BCUT2D eigenvalue weighted by molar-refractivity contribution is 0.778. The number of hydrogen-bond donors (Lipinski definition) is 1. The summed E-state index contributed by atoms with van der Waals surface area (Å²) in [4.78, 5) is 25.4. The first-order chi connectivity index (χ1) is 7.58. The molecule has 82 valence electrons. The molecule has 0 spiro atoms. The van der Waals surface area contributed by atoms with Crippen LogP contribution in [0.25, 0.3) is 11.3 Å². The van der Waals surface area contributed by atoms with Crippen LogP contribution in [-0.4, -0.2) is 9.55 Å². The minimum Gasteiger partial charge on any atom is -0.307 e. The Hall–Kier alpha value is -1.81. The van der Waals surface area contributed by atoms with Gasteiger partial charge in [0.2, 0.25) is 0 Å². The van der Waals surface area contributed by atoms with Crippen molar-refractivity contribution < 1.29 is 0 Å². The molecule has 1 heterocycles. The second-order valence-electron chi connectivity index (χ2n) is 3.39. The third-order valence-corrected chi connectivity index (χ3v) is 2.55. The summed E-state index contributed by atoms with van der Waals surface area (Å²) in [6, 6.07) is 8.27. The Morgan fingerprint density at radius 2 is 1.81 bits per heavy atom. The maximum Gasteiger partial charge on any atom is 0.328 e. The Morgan fingerprint density at radius 1 is 1.19 bits per heavy atom. The fourth-order valence-corrected chi connectivity index (χ4v) is 1.47. The smallest absolute Gasteiger partial charge is 0.307 e. The highest BCUT2D eigenvalue weighted by molar-refractivity contribution is 6.30. The van der Waals surface area contributed by atoms with Gasteiger partial charge in [0.25, 0.3) is 5.56 Å². The number of benzene rings is 1. The molecule has 2 aromatic rings. The lowest BCUT2D eigenvalue weighted by Crippen LogP contribution is -2.32. The minimum atomic E-state index is -0.433. The van der Waals surface area contributed by atoms with Gasteiger partial charge in [-0.1, -0.05) is 23.7 Å². The average Bonchev–Trinajstić information content (AvgIpc) is 2.26. The van der Waals surface area contributed by atoms with Crippen molar-refractivity contribution in [2.45, 2.75) is 0 Å². The van der Waals surface area contributed by atoms with Crippen molar-refractivity contribution in [3.8, 4) is 11.3 Å². The molecule has 0 aliphatic carbocycles. The van der Waals surface area contributed by atoms with Gasteiger partial charge in [-0.15, -0.1) is 0 Å². The quantitative estimate of drug-likeness (QED) is 0.814. The molecule has 1 N–H and O–H groups in total. The molecule has 0 fully saturated rings. The van der Waals surface area contributed by atoms with Crippen LogP contribution in [0.3, 0.4) is 0 Å². The molecule has 4 nitrogen and oxygen atoms in total. The molecule has 0 unspecified atom stereocenters. The van der Waals surface area contributed by atoms with E-state index < -0.39 is 5.69 Å². The van der Waals surface area contributed by atoms with Gasteiger partial charge in [-0.25, -0.2) is 4.79 Å². The number of nitrogens with zero attached hydrogens (tertiary/aromatic N) is 1. The van der Waals surface area contributed by atoms with Gasteiger partial charge in [-0.2, -0.15) is 0 Å². The topological polar surface area (TPSA) is 54.9 Å². The van der Waals surface area contributed by atoms with Crippen molar-refractivity contribution in [3.63, 3.8) is 0 Å². The number of H-pyrrole nitrogens is 1. The summed E-state index contributed by atoms with van der Waals surface area (Å²) < 4.78 is 1.01. The van der Waals surface area contributed by atoms with Crippen LogP contribution in [0.2, 0.25) is 5.02 Å². The number of rotatable bonds is 1. The highest BCUT2D eigenvalue weighted by Gasteiger charge is 2.02. The monoisotopic (exact) mass is 236 g/mol. The van der Waals surface area contributed by atoms with Gasteiger partial charge in [-0.05, 0) is 17.7 Å². The van der Waals surface area contributed by atoms with Crippen LogP contribution in [0.4, 0.5) is 0 Å². The summed E-state index contributed by atoms with van der Waals surface area (Å²) in [7, 11) is 1.42. The molecule has 0 aliphatic rings. The van der Waals surface area contributed by atoms with E-state index in [0.717, 1.165) is 10.1 Å². The van der Waals surface area contributed by atoms with Gasteiger partial charge >= 0.3 is 5.69 Å². The summed E-state index contributed by atoms with van der Waals surface area (Å²) in [6.45, 7) is 0. The Labute approximate surface area is 96.1 Å². The molecule has 16 heavy (non-hydrogen) atoms. The maximum absolute atomic E-state index is 11.4. The van der Waals surface area contributed by atoms with Gasteiger partial charge in [0, 0.05) is 18.1 Å². The van der Waals surface area contributed by atoms with Crippen LogP contribution in [0.5, 0.6) is 0 Å². The van der Waals surface area contributed by atoms with E-state index in [4.69, 9.17) is 11.6 Å². The van der Waals surface area contributed by atoms with Gasteiger partial charge in [-0.3, -0.25) is 9.36 Å². The Bertz CT molecular complexity index is 594. The summed E-state index contributed by atoms with van der Waals surface area (Å²) in [5, 5.41) is 0.606. The molecular formula is C11H9ClN2O2. The fourth-order valence-electron chi connectivity index (χ4n) is 1.34. The van der Waals surface area contributed by atoms with Crippen molar-refractivity contribution in [2.24, 2.45) is 7.05 Å². The Balaban J connectivity index is 2.62. The van der Waals surface area contributed by atoms with Crippen molar-refractivity contribution in [3.05, 3.63) is 56.2 Å². The summed E-state index contributed by atoms with van der Waals surface area (Å²) >= 11 is 5.75. The lowest BCUT2D eigenvalue weighted by atomic mass is 10.1. The first-order valence-corrected chi connectivity index (χ1v) is 5.02. The zero-order chi connectivity index (χ0) is 11.7. The van der Waals surface area contributed by atoms with E-state index in [9.17, 15) is 9.59 Å². The van der Waals surface area contributed by atoms with Crippen LogP contribution in [-0.2, 0) is 7.05 Å². The molecule has 0 amide bonds. The molecule has 1 aromatic heterocycles. The second kappa shape index (κ2) is 3.98. The molecule has 2 rings (SSSR count). The van der Waals surface area contributed by atoms with Crippen molar-refractivity contribution in [1.29, 1.82) is 0 Å². The SMILES string of the molecule is Cn1c(=O)cc(-c2ccc(Cl)cc2)[nH]c1=O. The number of aromatic nitrogens is 2. The van der Waals surface area contributed by atoms with Crippen LogP contribution in [0.1, 0.15) is 0 Å². The second-order valence-corrected chi connectivity index (χ2v) is 3.83. The van der Waals surface area contributed by atoms with Gasteiger partial charge in [0.1, 0.15) is 0 Å². The highest BCUT2D eigenvalue weighted by Crippen LogP contribution is 2.17. The zero-order valence-electron chi connectivity index (χ0n) is 8.53. The van der Waals surface area contributed by atoms with Crippen molar-refractivity contribution in [1.82, 2.24) is 9.55 Å². The number of aromatic amines is 1. The predicted molar refractivity (Wildman–Crippen MR) is 62.7 cm³/mol. The molecule has 1 aromatic carbocycles.